The highest BCUT2D eigenvalue weighted by Gasteiger charge is 2.44. The van der Waals surface area contributed by atoms with Crippen molar-refractivity contribution in [1.29, 1.82) is 0 Å². The van der Waals surface area contributed by atoms with E-state index in [1.807, 2.05) is 27.7 Å². The van der Waals surface area contributed by atoms with Gasteiger partial charge in [-0.25, -0.2) is 0 Å². The van der Waals surface area contributed by atoms with Crippen LogP contribution in [0.4, 0.5) is 0 Å². The van der Waals surface area contributed by atoms with Gasteiger partial charge in [-0.1, -0.05) is 0 Å². The zero-order valence-corrected chi connectivity index (χ0v) is 9.55. The normalized spacial score (nSPS) is 35.6. The Kier molecular flexibility index (Phi) is 3.21. The average molecular weight is 202 g/mol. The molecule has 0 saturated carbocycles. The number of quaternary nitrogens is 1. The molecule has 2 unspecified atom stereocenters. The lowest BCUT2D eigenvalue weighted by molar-refractivity contribution is -0.892. The summed E-state index contributed by atoms with van der Waals surface area (Å²) in [6, 6.07) is -0.0551. The van der Waals surface area contributed by atoms with E-state index in [4.69, 9.17) is 5.11 Å². The van der Waals surface area contributed by atoms with Gasteiger partial charge < -0.3 is 15.4 Å². The minimum absolute atomic E-state index is 0.0551. The maximum atomic E-state index is 11.9. The highest BCUT2D eigenvalue weighted by Crippen LogP contribution is 2.18. The number of hydroxylamine groups is 2. The Bertz CT molecular complexity index is 204. The third kappa shape index (κ3) is 2.45. The number of aliphatic hydroxyl groups excluding tert-OH is 1. The Morgan fingerprint density at radius 1 is 1.43 bits per heavy atom. The van der Waals surface area contributed by atoms with Gasteiger partial charge in [0.05, 0.1) is 17.6 Å². The summed E-state index contributed by atoms with van der Waals surface area (Å²) in [6.45, 7) is 8.80. The van der Waals surface area contributed by atoms with E-state index in [2.05, 4.69) is 5.32 Å². The van der Waals surface area contributed by atoms with E-state index in [1.165, 1.54) is 0 Å². The van der Waals surface area contributed by atoms with Crippen LogP contribution in [0.15, 0.2) is 0 Å². The molecule has 0 radical (unpaired) electrons. The van der Waals surface area contributed by atoms with Crippen molar-refractivity contribution in [2.45, 2.75) is 51.2 Å². The van der Waals surface area contributed by atoms with Crippen molar-refractivity contribution >= 4 is 0 Å². The maximum absolute atomic E-state index is 11.9. The summed E-state index contributed by atoms with van der Waals surface area (Å²) in [5, 5.41) is 24.5. The van der Waals surface area contributed by atoms with Gasteiger partial charge in [0, 0.05) is 13.0 Å². The molecular weight excluding hydrogens is 180 g/mol. The van der Waals surface area contributed by atoms with Crippen LogP contribution in [0, 0.1) is 5.21 Å². The van der Waals surface area contributed by atoms with E-state index in [9.17, 15) is 5.21 Å². The Morgan fingerprint density at radius 3 is 2.43 bits per heavy atom. The molecule has 4 heteroatoms. The molecule has 1 saturated heterocycles. The van der Waals surface area contributed by atoms with Crippen molar-refractivity contribution in [3.05, 3.63) is 5.21 Å². The smallest absolute Gasteiger partial charge is 0.107 e. The molecule has 1 aliphatic rings. The lowest BCUT2D eigenvalue weighted by Gasteiger charge is -2.52. The summed E-state index contributed by atoms with van der Waals surface area (Å²) in [6.07, 6.45) is 0.564. The fourth-order valence-electron chi connectivity index (χ4n) is 2.62. The quantitative estimate of drug-likeness (QED) is 0.518. The van der Waals surface area contributed by atoms with Crippen molar-refractivity contribution in [3.8, 4) is 0 Å². The van der Waals surface area contributed by atoms with Gasteiger partial charge >= 0.3 is 0 Å². The Labute approximate surface area is 85.9 Å². The molecule has 0 aromatic rings. The highest BCUT2D eigenvalue weighted by molar-refractivity contribution is 4.96. The Morgan fingerprint density at radius 2 is 2.00 bits per heavy atom. The van der Waals surface area contributed by atoms with Crippen LogP contribution in [0.25, 0.3) is 0 Å². The highest BCUT2D eigenvalue weighted by atomic mass is 16.5. The van der Waals surface area contributed by atoms with Gasteiger partial charge in [0.15, 0.2) is 0 Å². The van der Waals surface area contributed by atoms with Crippen LogP contribution in [0.5, 0.6) is 0 Å². The van der Waals surface area contributed by atoms with Crippen LogP contribution in [0.3, 0.4) is 0 Å². The fourth-order valence-corrected chi connectivity index (χ4v) is 2.62. The maximum Gasteiger partial charge on any atom is 0.107 e. The molecule has 0 amide bonds. The van der Waals surface area contributed by atoms with Gasteiger partial charge in [-0.2, -0.15) is 0 Å². The summed E-state index contributed by atoms with van der Waals surface area (Å²) in [4.78, 5) is 0. The molecule has 1 fully saturated rings. The lowest BCUT2D eigenvalue weighted by Crippen LogP contribution is -3.18. The fraction of sp³-hybridized carbons (Fsp3) is 1.00. The van der Waals surface area contributed by atoms with Crippen molar-refractivity contribution in [3.63, 3.8) is 0 Å². The number of hydrogen-bond acceptors (Lipinski definition) is 3. The third-order valence-corrected chi connectivity index (χ3v) is 2.95. The summed E-state index contributed by atoms with van der Waals surface area (Å²) in [7, 11) is 0. The topological polar surface area (TPSA) is 59.8 Å². The van der Waals surface area contributed by atoms with E-state index in [-0.39, 0.29) is 28.8 Å². The first-order valence-corrected chi connectivity index (χ1v) is 5.21. The molecule has 14 heavy (non-hydrogen) atoms. The molecule has 0 spiro atoms. The number of aliphatic hydroxyl groups is 1. The number of piperazine rings is 1. The molecule has 1 heterocycles. The molecule has 0 bridgehead atoms. The van der Waals surface area contributed by atoms with E-state index >= 15 is 0 Å². The Balaban J connectivity index is 2.78. The van der Waals surface area contributed by atoms with Crippen LogP contribution in [-0.4, -0.2) is 35.4 Å². The van der Waals surface area contributed by atoms with Crippen LogP contribution in [0.1, 0.15) is 34.1 Å². The average Bonchev–Trinajstić information content (AvgIpc) is 1.93. The molecule has 0 aromatic carbocycles. The second kappa shape index (κ2) is 3.77. The van der Waals surface area contributed by atoms with E-state index in [0.717, 1.165) is 0 Å². The van der Waals surface area contributed by atoms with E-state index < -0.39 is 0 Å². The zero-order chi connectivity index (χ0) is 11.0. The van der Waals surface area contributed by atoms with Crippen molar-refractivity contribution in [2.75, 3.05) is 13.2 Å². The summed E-state index contributed by atoms with van der Waals surface area (Å²) in [5.74, 6) is 0. The summed E-state index contributed by atoms with van der Waals surface area (Å²) < 4.78 is 0. The first-order valence-electron chi connectivity index (χ1n) is 5.21. The predicted molar refractivity (Wildman–Crippen MR) is 56.0 cm³/mol. The van der Waals surface area contributed by atoms with Gasteiger partial charge in [0.2, 0.25) is 0 Å². The Hall–Kier alpha value is -0.160. The monoisotopic (exact) mass is 202 g/mol. The predicted octanol–water partition coefficient (Wildman–Crippen LogP) is -0.719. The second-order valence-corrected chi connectivity index (χ2v) is 5.44. The first-order chi connectivity index (χ1) is 6.28. The van der Waals surface area contributed by atoms with Gasteiger partial charge in [0.25, 0.3) is 0 Å². The van der Waals surface area contributed by atoms with Crippen molar-refractivity contribution in [1.82, 2.24) is 5.32 Å². The van der Waals surface area contributed by atoms with Crippen molar-refractivity contribution in [2.24, 2.45) is 0 Å². The third-order valence-electron chi connectivity index (χ3n) is 2.95. The minimum Gasteiger partial charge on any atom is -0.634 e. The molecule has 0 aromatic heterocycles. The van der Waals surface area contributed by atoms with Crippen LogP contribution in [0.2, 0.25) is 0 Å². The molecule has 1 aliphatic heterocycles. The largest absolute Gasteiger partial charge is 0.634 e. The second-order valence-electron chi connectivity index (χ2n) is 5.44. The molecule has 1 rings (SSSR count). The SMILES string of the molecule is CC1(C)C[NH+]([O-])C(CCO)C(C)(C)N1. The zero-order valence-electron chi connectivity index (χ0n) is 9.55. The number of nitrogens with one attached hydrogen (secondary N) is 2. The molecule has 4 nitrogen and oxygen atoms in total. The number of hydrogen-bond donors (Lipinski definition) is 3. The van der Waals surface area contributed by atoms with E-state index in [1.54, 1.807) is 0 Å². The van der Waals surface area contributed by atoms with Gasteiger partial charge in [-0.3, -0.25) is 5.32 Å². The summed E-state index contributed by atoms with van der Waals surface area (Å²) in [5.41, 5.74) is -0.325. The summed E-state index contributed by atoms with van der Waals surface area (Å²) >= 11 is 0. The standard InChI is InChI=1S/C10H22N2O2/c1-9(2)7-12(14)8(5-6-13)10(3,4)11-9/h8,11-13H,5-7H2,1-4H3. The number of rotatable bonds is 2. The van der Waals surface area contributed by atoms with Gasteiger partial charge in [-0.05, 0) is 27.7 Å². The first kappa shape index (κ1) is 11.9. The lowest BCUT2D eigenvalue weighted by atomic mass is 9.84. The van der Waals surface area contributed by atoms with Crippen molar-refractivity contribution < 1.29 is 10.2 Å². The van der Waals surface area contributed by atoms with Crippen LogP contribution >= 0.6 is 0 Å². The van der Waals surface area contributed by atoms with E-state index in [0.29, 0.717) is 13.0 Å². The van der Waals surface area contributed by atoms with Crippen LogP contribution < -0.4 is 10.4 Å². The molecule has 3 N–H and O–H groups in total. The van der Waals surface area contributed by atoms with Gasteiger partial charge in [0.1, 0.15) is 6.04 Å². The minimum atomic E-state index is -0.207. The van der Waals surface area contributed by atoms with Crippen LogP contribution in [-0.2, 0) is 0 Å². The molecular formula is C10H22N2O2. The molecule has 0 aliphatic carbocycles. The molecule has 84 valence electrons. The molecule has 2 atom stereocenters. The van der Waals surface area contributed by atoms with Gasteiger partial charge in [-0.15, -0.1) is 0 Å².